The van der Waals surface area contributed by atoms with E-state index in [1.165, 1.54) is 32.5 Å². The maximum absolute atomic E-state index is 3.73. The van der Waals surface area contributed by atoms with Gasteiger partial charge in [0.2, 0.25) is 0 Å². The van der Waals surface area contributed by atoms with E-state index in [2.05, 4.69) is 43.1 Å². The van der Waals surface area contributed by atoms with Gasteiger partial charge in [-0.1, -0.05) is 26.0 Å². The van der Waals surface area contributed by atoms with Crippen LogP contribution in [0.2, 0.25) is 0 Å². The molecule has 98 valence electrons. The lowest BCUT2D eigenvalue weighted by Crippen LogP contribution is -2.40. The number of hydrogen-bond acceptors (Lipinski definition) is 2. The summed E-state index contributed by atoms with van der Waals surface area (Å²) < 4.78 is 0. The molecule has 1 saturated carbocycles. The van der Waals surface area contributed by atoms with Crippen molar-refractivity contribution in [2.24, 2.45) is 17.8 Å². The second-order valence-electron chi connectivity index (χ2n) is 5.71. The minimum Gasteiger partial charge on any atom is -0.313 e. The van der Waals surface area contributed by atoms with Gasteiger partial charge in [0.1, 0.15) is 0 Å². The Labute approximate surface area is 106 Å². The summed E-state index contributed by atoms with van der Waals surface area (Å²) >= 11 is 0. The average Bonchev–Trinajstić information content (AvgIpc) is 2.96. The third-order valence-corrected chi connectivity index (χ3v) is 4.76. The molecule has 2 heteroatoms. The molecule has 17 heavy (non-hydrogen) atoms. The molecule has 0 amide bonds. The molecule has 2 aliphatic carbocycles. The average molecular weight is 236 g/mol. The van der Waals surface area contributed by atoms with Gasteiger partial charge in [-0.05, 0) is 50.6 Å². The summed E-state index contributed by atoms with van der Waals surface area (Å²) in [5.74, 6) is 2.66. The first-order chi connectivity index (χ1) is 8.24. The van der Waals surface area contributed by atoms with Gasteiger partial charge >= 0.3 is 0 Å². The van der Waals surface area contributed by atoms with Crippen molar-refractivity contribution < 1.29 is 0 Å². The van der Waals surface area contributed by atoms with Gasteiger partial charge in [0.15, 0.2) is 0 Å². The lowest BCUT2D eigenvalue weighted by Gasteiger charge is -2.27. The van der Waals surface area contributed by atoms with Crippen LogP contribution in [0.3, 0.4) is 0 Å². The highest BCUT2D eigenvalue weighted by Crippen LogP contribution is 2.44. The minimum absolute atomic E-state index is 0.686. The first kappa shape index (κ1) is 13.1. The lowest BCUT2D eigenvalue weighted by molar-refractivity contribution is 0.274. The molecule has 0 aromatic rings. The SMILES string of the molecule is CCN(CC)CCNC(C)C1CC2C=CC1C2. The zero-order valence-corrected chi connectivity index (χ0v) is 11.7. The monoisotopic (exact) mass is 236 g/mol. The third kappa shape index (κ3) is 3.11. The summed E-state index contributed by atoms with van der Waals surface area (Å²) in [4.78, 5) is 2.49. The molecule has 0 spiro atoms. The summed E-state index contributed by atoms with van der Waals surface area (Å²) in [6, 6.07) is 0.686. The molecular weight excluding hydrogens is 208 g/mol. The fourth-order valence-electron chi connectivity index (χ4n) is 3.54. The van der Waals surface area contributed by atoms with E-state index in [0.29, 0.717) is 6.04 Å². The highest BCUT2D eigenvalue weighted by molar-refractivity contribution is 5.11. The fourth-order valence-corrected chi connectivity index (χ4v) is 3.54. The Balaban J connectivity index is 1.67. The molecule has 4 unspecified atom stereocenters. The van der Waals surface area contributed by atoms with Crippen LogP contribution in [0.25, 0.3) is 0 Å². The third-order valence-electron chi connectivity index (χ3n) is 4.76. The van der Waals surface area contributed by atoms with Gasteiger partial charge < -0.3 is 10.2 Å². The van der Waals surface area contributed by atoms with Crippen LogP contribution in [0.15, 0.2) is 12.2 Å². The standard InChI is InChI=1S/C15H28N2/c1-4-17(5-2)9-8-16-12(3)15-11-13-6-7-14(15)10-13/h6-7,12-16H,4-5,8-11H2,1-3H3. The highest BCUT2D eigenvalue weighted by atomic mass is 15.1. The van der Waals surface area contributed by atoms with E-state index in [1.807, 2.05) is 0 Å². The van der Waals surface area contributed by atoms with Crippen LogP contribution in [0.5, 0.6) is 0 Å². The second kappa shape index (κ2) is 6.01. The van der Waals surface area contributed by atoms with E-state index >= 15 is 0 Å². The van der Waals surface area contributed by atoms with Crippen molar-refractivity contribution in [2.45, 2.75) is 39.7 Å². The number of rotatable bonds is 7. The molecular formula is C15H28N2. The van der Waals surface area contributed by atoms with E-state index in [0.717, 1.165) is 24.3 Å². The van der Waals surface area contributed by atoms with Gasteiger partial charge in [-0.25, -0.2) is 0 Å². The Morgan fingerprint density at radius 1 is 1.24 bits per heavy atom. The number of allylic oxidation sites excluding steroid dienone is 2. The summed E-state index contributed by atoms with van der Waals surface area (Å²) in [5.41, 5.74) is 0. The van der Waals surface area contributed by atoms with Gasteiger partial charge in [0, 0.05) is 19.1 Å². The molecule has 2 bridgehead atoms. The van der Waals surface area contributed by atoms with E-state index in [-0.39, 0.29) is 0 Å². The molecule has 2 nitrogen and oxygen atoms in total. The van der Waals surface area contributed by atoms with E-state index in [4.69, 9.17) is 0 Å². The first-order valence-electron chi connectivity index (χ1n) is 7.38. The van der Waals surface area contributed by atoms with Crippen LogP contribution >= 0.6 is 0 Å². The summed E-state index contributed by atoms with van der Waals surface area (Å²) in [7, 11) is 0. The smallest absolute Gasteiger partial charge is 0.0107 e. The van der Waals surface area contributed by atoms with Crippen LogP contribution in [-0.2, 0) is 0 Å². The van der Waals surface area contributed by atoms with E-state index in [9.17, 15) is 0 Å². The molecule has 0 aromatic heterocycles. The molecule has 0 saturated heterocycles. The Bertz CT molecular complexity index is 258. The summed E-state index contributed by atoms with van der Waals surface area (Å²) in [6.07, 6.45) is 7.73. The highest BCUT2D eigenvalue weighted by Gasteiger charge is 2.38. The molecule has 0 aromatic carbocycles. The van der Waals surface area contributed by atoms with Crippen molar-refractivity contribution in [1.29, 1.82) is 0 Å². The lowest BCUT2D eigenvalue weighted by atomic mass is 9.87. The Kier molecular flexibility index (Phi) is 4.63. The number of fused-ring (bicyclic) bond motifs is 2. The van der Waals surface area contributed by atoms with Crippen LogP contribution in [0.4, 0.5) is 0 Å². The van der Waals surface area contributed by atoms with E-state index < -0.39 is 0 Å². The molecule has 2 rings (SSSR count). The molecule has 0 radical (unpaired) electrons. The van der Waals surface area contributed by atoms with Crippen LogP contribution in [-0.4, -0.2) is 37.1 Å². The predicted molar refractivity (Wildman–Crippen MR) is 74.1 cm³/mol. The molecule has 1 N–H and O–H groups in total. The van der Waals surface area contributed by atoms with Crippen molar-refractivity contribution in [3.8, 4) is 0 Å². The van der Waals surface area contributed by atoms with Gasteiger partial charge in [0.05, 0.1) is 0 Å². The van der Waals surface area contributed by atoms with Crippen molar-refractivity contribution in [1.82, 2.24) is 10.2 Å². The minimum atomic E-state index is 0.686. The van der Waals surface area contributed by atoms with Gasteiger partial charge in [0.25, 0.3) is 0 Å². The maximum Gasteiger partial charge on any atom is 0.0107 e. The van der Waals surface area contributed by atoms with Crippen molar-refractivity contribution in [3.05, 3.63) is 12.2 Å². The second-order valence-corrected chi connectivity index (χ2v) is 5.71. The Morgan fingerprint density at radius 2 is 2.00 bits per heavy atom. The number of nitrogens with zero attached hydrogens (tertiary/aromatic N) is 1. The molecule has 0 aliphatic heterocycles. The predicted octanol–water partition coefficient (Wildman–Crippen LogP) is 2.52. The van der Waals surface area contributed by atoms with Crippen LogP contribution in [0.1, 0.15) is 33.6 Å². The van der Waals surface area contributed by atoms with Crippen molar-refractivity contribution in [2.75, 3.05) is 26.2 Å². The van der Waals surface area contributed by atoms with Crippen molar-refractivity contribution in [3.63, 3.8) is 0 Å². The van der Waals surface area contributed by atoms with Gasteiger partial charge in [-0.15, -0.1) is 0 Å². The zero-order chi connectivity index (χ0) is 12.3. The Hall–Kier alpha value is -0.340. The maximum atomic E-state index is 3.73. The Morgan fingerprint density at radius 3 is 2.53 bits per heavy atom. The van der Waals surface area contributed by atoms with Gasteiger partial charge in [-0.2, -0.15) is 0 Å². The van der Waals surface area contributed by atoms with Crippen LogP contribution in [0, 0.1) is 17.8 Å². The first-order valence-corrected chi connectivity index (χ1v) is 7.38. The molecule has 4 atom stereocenters. The number of nitrogens with one attached hydrogen (secondary N) is 1. The quantitative estimate of drug-likeness (QED) is 0.683. The molecule has 0 heterocycles. The number of likely N-dealkylation sites (N-methyl/N-ethyl adjacent to an activating group) is 1. The normalized spacial score (nSPS) is 32.6. The summed E-state index contributed by atoms with van der Waals surface area (Å²) in [6.45, 7) is 11.5. The van der Waals surface area contributed by atoms with Crippen molar-refractivity contribution >= 4 is 0 Å². The zero-order valence-electron chi connectivity index (χ0n) is 11.7. The number of hydrogen-bond donors (Lipinski definition) is 1. The summed E-state index contributed by atoms with van der Waals surface area (Å²) in [5, 5.41) is 3.73. The van der Waals surface area contributed by atoms with Gasteiger partial charge in [-0.3, -0.25) is 0 Å². The fraction of sp³-hybridized carbons (Fsp3) is 0.867. The molecule has 1 fully saturated rings. The van der Waals surface area contributed by atoms with Crippen LogP contribution < -0.4 is 5.32 Å². The van der Waals surface area contributed by atoms with E-state index in [1.54, 1.807) is 0 Å². The molecule has 2 aliphatic rings. The largest absolute Gasteiger partial charge is 0.313 e. The topological polar surface area (TPSA) is 15.3 Å².